The first-order valence-corrected chi connectivity index (χ1v) is 13.7. The van der Waals surface area contributed by atoms with Crippen molar-refractivity contribution in [2.24, 2.45) is 0 Å². The number of aromatic nitrogens is 2. The summed E-state index contributed by atoms with van der Waals surface area (Å²) < 4.78 is 30.0. The molecule has 1 unspecified atom stereocenters. The topological polar surface area (TPSA) is 156 Å². The molecule has 1 aliphatic heterocycles. The number of nitrogens with one attached hydrogen (secondary N) is 1. The number of hydrogen-bond acceptors (Lipinski definition) is 8. The number of fused-ring (bicyclic) bond motifs is 1. The molecule has 2 aromatic rings. The zero-order valence-corrected chi connectivity index (χ0v) is 21.4. The summed E-state index contributed by atoms with van der Waals surface area (Å²) in [5.41, 5.74) is 1.32. The van der Waals surface area contributed by atoms with Gasteiger partial charge in [0.2, 0.25) is 0 Å². The molecule has 2 aromatic heterocycles. The van der Waals surface area contributed by atoms with E-state index in [2.05, 4.69) is 10.3 Å². The lowest BCUT2D eigenvalue weighted by molar-refractivity contribution is -0.0965. The predicted molar refractivity (Wildman–Crippen MR) is 129 cm³/mol. The van der Waals surface area contributed by atoms with Crippen LogP contribution in [0.15, 0.2) is 18.3 Å². The lowest BCUT2D eigenvalue weighted by Gasteiger charge is -2.31. The first kappa shape index (κ1) is 26.8. The van der Waals surface area contributed by atoms with Gasteiger partial charge in [0.05, 0.1) is 6.61 Å². The van der Waals surface area contributed by atoms with Crippen molar-refractivity contribution in [3.63, 3.8) is 0 Å². The summed E-state index contributed by atoms with van der Waals surface area (Å²) in [7, 11) is -3.25. The molecule has 0 radical (unpaired) electrons. The van der Waals surface area contributed by atoms with Gasteiger partial charge in [0.15, 0.2) is 11.6 Å². The number of methoxy groups -OCH3 is 1. The maximum absolute atomic E-state index is 12.0. The van der Waals surface area contributed by atoms with Crippen molar-refractivity contribution in [2.75, 3.05) is 25.6 Å². The summed E-state index contributed by atoms with van der Waals surface area (Å²) in [5.74, 6) is 0. The Bertz CT molecular complexity index is 1070. The van der Waals surface area contributed by atoms with Gasteiger partial charge in [-0.15, -0.1) is 0 Å². The van der Waals surface area contributed by atoms with E-state index < -0.39 is 37.5 Å². The number of aliphatic hydroxyl groups is 2. The molecule has 35 heavy (non-hydrogen) atoms. The molecule has 2 fully saturated rings. The van der Waals surface area contributed by atoms with Gasteiger partial charge in [-0.3, -0.25) is 4.57 Å². The molecule has 196 valence electrons. The molecule has 1 aliphatic carbocycles. The minimum atomic E-state index is -4.67. The molecule has 0 bridgehead atoms. The monoisotopic (exact) mass is 533 g/mol. The van der Waals surface area contributed by atoms with Gasteiger partial charge in [-0.1, -0.05) is 24.4 Å². The number of nitrogens with zero attached hydrogens (tertiary/aromatic N) is 2. The summed E-state index contributed by atoms with van der Waals surface area (Å²) in [6.45, 7) is 1.01. The molecule has 2 aliphatic rings. The molecule has 1 saturated heterocycles. The van der Waals surface area contributed by atoms with Crippen molar-refractivity contribution in [1.82, 2.24) is 9.55 Å². The van der Waals surface area contributed by atoms with Crippen LogP contribution in [0.3, 0.4) is 0 Å². The highest BCUT2D eigenvalue weighted by molar-refractivity contribution is 7.53. The smallest absolute Gasteiger partial charge is 0.356 e. The van der Waals surface area contributed by atoms with E-state index in [9.17, 15) is 24.6 Å². The van der Waals surface area contributed by atoms with Gasteiger partial charge in [0, 0.05) is 43.4 Å². The fourth-order valence-corrected chi connectivity index (χ4v) is 5.48. The van der Waals surface area contributed by atoms with E-state index in [0.717, 1.165) is 23.9 Å². The second-order valence-corrected chi connectivity index (χ2v) is 11.8. The van der Waals surface area contributed by atoms with Crippen LogP contribution in [-0.4, -0.2) is 79.6 Å². The Morgan fingerprint density at radius 1 is 1.31 bits per heavy atom. The summed E-state index contributed by atoms with van der Waals surface area (Å²) in [6, 6.07) is 3.98. The Labute approximate surface area is 208 Å². The molecule has 1 saturated carbocycles. The number of ether oxygens (including phenoxy) is 3. The molecule has 0 aromatic carbocycles. The van der Waals surface area contributed by atoms with Crippen LogP contribution in [0, 0.1) is 0 Å². The number of anilines is 1. The molecule has 13 heteroatoms. The molecule has 0 spiro atoms. The van der Waals surface area contributed by atoms with E-state index in [1.54, 1.807) is 16.8 Å². The van der Waals surface area contributed by atoms with Crippen LogP contribution < -0.4 is 5.32 Å². The Kier molecular flexibility index (Phi) is 8.12. The number of pyridine rings is 1. The molecule has 4 rings (SSSR count). The van der Waals surface area contributed by atoms with Gasteiger partial charge in [0.25, 0.3) is 0 Å². The third kappa shape index (κ3) is 5.53. The average Bonchev–Trinajstić information content (AvgIpc) is 3.51. The fourth-order valence-electron chi connectivity index (χ4n) is 4.66. The van der Waals surface area contributed by atoms with E-state index in [1.165, 1.54) is 26.9 Å². The summed E-state index contributed by atoms with van der Waals surface area (Å²) >= 11 is 6.30. The van der Waals surface area contributed by atoms with Crippen molar-refractivity contribution in [2.45, 2.75) is 75.0 Å². The van der Waals surface area contributed by atoms with E-state index in [4.69, 9.17) is 25.8 Å². The van der Waals surface area contributed by atoms with Crippen LogP contribution in [0.2, 0.25) is 5.15 Å². The normalized spacial score (nSPS) is 27.5. The van der Waals surface area contributed by atoms with Crippen molar-refractivity contribution in [1.29, 1.82) is 0 Å². The maximum Gasteiger partial charge on any atom is 0.356 e. The Balaban J connectivity index is 1.53. The Morgan fingerprint density at radius 2 is 2.03 bits per heavy atom. The number of hydrogen-bond donors (Lipinski definition) is 5. The third-order valence-electron chi connectivity index (χ3n) is 6.92. The van der Waals surface area contributed by atoms with Gasteiger partial charge in [-0.2, -0.15) is 0 Å². The van der Waals surface area contributed by atoms with Crippen molar-refractivity contribution >= 4 is 35.9 Å². The minimum Gasteiger partial charge on any atom is -0.387 e. The van der Waals surface area contributed by atoms with Gasteiger partial charge >= 0.3 is 7.60 Å². The summed E-state index contributed by atoms with van der Waals surface area (Å²) in [4.78, 5) is 24.0. The molecule has 5 N–H and O–H groups in total. The van der Waals surface area contributed by atoms with Crippen molar-refractivity contribution in [3.05, 3.63) is 23.5 Å². The molecule has 11 nitrogen and oxygen atoms in total. The second kappa shape index (κ2) is 10.6. The number of aliphatic hydroxyl groups excluding tert-OH is 2. The highest BCUT2D eigenvalue weighted by Gasteiger charge is 2.48. The molecule has 5 atom stereocenters. The standard InChI is InChI=1S/C22H33ClN3O8P/c1-22(8-10-32-2,35(29,30)31)33-12-16-18(27)19(28)21(34-16)26-9-7-14-15(11-17(23)25-20(14)26)24-13-5-3-4-6-13/h7,9,11,13,16,18-19,21,27-28H,3-6,8,10,12H2,1-2H3,(H,24,25)(H2,29,30,31)/t16-,18-,19-,21-,22?/m1/s1. The van der Waals surface area contributed by atoms with Crippen LogP contribution in [0.5, 0.6) is 0 Å². The Morgan fingerprint density at radius 3 is 2.69 bits per heavy atom. The fraction of sp³-hybridized carbons (Fsp3) is 0.682. The maximum atomic E-state index is 12.0. The van der Waals surface area contributed by atoms with E-state index in [0.29, 0.717) is 11.7 Å². The van der Waals surface area contributed by atoms with Crippen molar-refractivity contribution in [3.8, 4) is 0 Å². The van der Waals surface area contributed by atoms with Crippen LogP contribution in [0.4, 0.5) is 5.69 Å². The van der Waals surface area contributed by atoms with Gasteiger partial charge in [-0.25, -0.2) is 4.98 Å². The van der Waals surface area contributed by atoms with Crippen LogP contribution >= 0.6 is 19.2 Å². The average molecular weight is 534 g/mol. The lowest BCUT2D eigenvalue weighted by Crippen LogP contribution is -2.38. The van der Waals surface area contributed by atoms with Crippen LogP contribution in [0.25, 0.3) is 11.0 Å². The Hall–Kier alpha value is -1.27. The molecular formula is C22H33ClN3O8P. The van der Waals surface area contributed by atoms with Crippen LogP contribution in [0.1, 0.15) is 45.3 Å². The predicted octanol–water partition coefficient (Wildman–Crippen LogP) is 2.61. The van der Waals surface area contributed by atoms with E-state index in [1.807, 2.05) is 6.07 Å². The van der Waals surface area contributed by atoms with Crippen LogP contribution in [-0.2, 0) is 18.8 Å². The number of halogens is 1. The number of rotatable bonds is 10. The summed E-state index contributed by atoms with van der Waals surface area (Å²) in [6.07, 6.45) is 1.45. The SMILES string of the molecule is COCCC(C)(OC[C@H]1O[C@@H](n2ccc3c(NC4CCCC4)cc(Cl)nc32)[C@H](O)[C@@H]1O)P(=O)(O)O. The zero-order valence-electron chi connectivity index (χ0n) is 19.7. The zero-order chi connectivity index (χ0) is 25.4. The quantitative estimate of drug-likeness (QED) is 0.227. The molecule has 0 amide bonds. The lowest BCUT2D eigenvalue weighted by atomic mass is 10.1. The van der Waals surface area contributed by atoms with Crippen molar-refractivity contribution < 1.29 is 38.8 Å². The molecule has 3 heterocycles. The highest BCUT2D eigenvalue weighted by atomic mass is 35.5. The van der Waals surface area contributed by atoms with E-state index in [-0.39, 0.29) is 24.8 Å². The minimum absolute atomic E-state index is 0.0655. The van der Waals surface area contributed by atoms with Gasteiger partial charge in [-0.05, 0) is 31.9 Å². The largest absolute Gasteiger partial charge is 0.387 e. The first-order chi connectivity index (χ1) is 16.5. The third-order valence-corrected chi connectivity index (χ3v) is 8.70. The summed E-state index contributed by atoms with van der Waals surface area (Å²) in [5, 5.41) is 24.2. The second-order valence-electron chi connectivity index (χ2n) is 9.40. The van der Waals surface area contributed by atoms with Gasteiger partial charge < -0.3 is 44.1 Å². The highest BCUT2D eigenvalue weighted by Crippen LogP contribution is 2.53. The van der Waals surface area contributed by atoms with Gasteiger partial charge in [0.1, 0.15) is 29.1 Å². The van der Waals surface area contributed by atoms with E-state index >= 15 is 0 Å². The molecular weight excluding hydrogens is 501 g/mol. The first-order valence-electron chi connectivity index (χ1n) is 11.7.